The molecule has 10 heteroatoms. The topological polar surface area (TPSA) is 40.5 Å². The van der Waals surface area contributed by atoms with Crippen LogP contribution in [0.25, 0.3) is 11.1 Å². The molecule has 1 aliphatic rings. The minimum Gasteiger partial charge on any atom is -0.481 e. The fourth-order valence-electron chi connectivity index (χ4n) is 5.69. The van der Waals surface area contributed by atoms with Crippen molar-refractivity contribution in [2.45, 2.75) is 57.4 Å². The number of piperidine rings is 1. The molecule has 3 aromatic rings. The van der Waals surface area contributed by atoms with E-state index in [1.54, 1.807) is 30.3 Å². The molecule has 226 valence electrons. The number of hydrogen-bond acceptors (Lipinski definition) is 2. The third kappa shape index (κ3) is 7.32. The lowest BCUT2D eigenvalue weighted by atomic mass is 9.83. The van der Waals surface area contributed by atoms with Gasteiger partial charge in [0.25, 0.3) is 0 Å². The molecule has 0 bridgehead atoms. The van der Waals surface area contributed by atoms with Gasteiger partial charge in [-0.05, 0) is 96.4 Å². The zero-order valence-electron chi connectivity index (χ0n) is 23.1. The lowest BCUT2D eigenvalue weighted by Crippen LogP contribution is -2.41. The highest BCUT2D eigenvalue weighted by molar-refractivity contribution is 5.78. The molecular formula is C32H32F7NO2. The maximum absolute atomic E-state index is 13.9. The van der Waals surface area contributed by atoms with E-state index in [0.29, 0.717) is 34.2 Å². The number of hydrogen-bond donors (Lipinski definition) is 1. The number of halogens is 7. The summed E-state index contributed by atoms with van der Waals surface area (Å²) < 4.78 is 94.3. The van der Waals surface area contributed by atoms with E-state index in [4.69, 9.17) is 0 Å². The summed E-state index contributed by atoms with van der Waals surface area (Å²) in [7, 11) is 0. The number of carboxylic acids is 1. The summed E-state index contributed by atoms with van der Waals surface area (Å²) in [5.74, 6) is -3.82. The molecule has 1 heterocycles. The van der Waals surface area contributed by atoms with E-state index in [2.05, 4.69) is 0 Å². The molecule has 4 rings (SSSR count). The number of carboxylic acid groups (broad SMARTS) is 1. The number of rotatable bonds is 8. The van der Waals surface area contributed by atoms with Gasteiger partial charge in [-0.25, -0.2) is 4.39 Å². The Morgan fingerprint density at radius 3 is 1.95 bits per heavy atom. The van der Waals surface area contributed by atoms with Gasteiger partial charge in [0.15, 0.2) is 0 Å². The van der Waals surface area contributed by atoms with Crippen LogP contribution in [-0.2, 0) is 11.0 Å². The van der Waals surface area contributed by atoms with Crippen molar-refractivity contribution >= 4 is 5.97 Å². The molecule has 42 heavy (non-hydrogen) atoms. The van der Waals surface area contributed by atoms with E-state index in [1.807, 2.05) is 18.7 Å². The van der Waals surface area contributed by atoms with Gasteiger partial charge in [0, 0.05) is 0 Å². The minimum absolute atomic E-state index is 0.0437. The normalized spacial score (nSPS) is 16.9. The van der Waals surface area contributed by atoms with Crippen LogP contribution in [0.1, 0.15) is 67.3 Å². The van der Waals surface area contributed by atoms with Crippen molar-refractivity contribution in [1.29, 1.82) is 0 Å². The van der Waals surface area contributed by atoms with Crippen molar-refractivity contribution in [1.82, 2.24) is 4.90 Å². The third-order valence-electron chi connectivity index (χ3n) is 7.85. The van der Waals surface area contributed by atoms with Crippen molar-refractivity contribution in [2.75, 3.05) is 13.1 Å². The molecule has 1 aliphatic heterocycles. The first-order valence-electron chi connectivity index (χ1n) is 13.8. The molecule has 1 saturated heterocycles. The maximum atomic E-state index is 13.9. The lowest BCUT2D eigenvalue weighted by Gasteiger charge is -2.39. The number of carbonyl (C=O) groups is 1. The van der Waals surface area contributed by atoms with Crippen molar-refractivity contribution in [3.8, 4) is 11.1 Å². The molecule has 0 radical (unpaired) electrons. The summed E-state index contributed by atoms with van der Waals surface area (Å²) >= 11 is 0. The first-order valence-corrected chi connectivity index (χ1v) is 13.8. The number of nitrogens with zero attached hydrogens (tertiary/aromatic N) is 1. The van der Waals surface area contributed by atoms with Gasteiger partial charge >= 0.3 is 18.3 Å². The second-order valence-electron chi connectivity index (χ2n) is 11.2. The van der Waals surface area contributed by atoms with E-state index in [0.717, 1.165) is 12.1 Å². The summed E-state index contributed by atoms with van der Waals surface area (Å²) in [4.78, 5) is 14.1. The zero-order valence-corrected chi connectivity index (χ0v) is 23.1. The van der Waals surface area contributed by atoms with Crippen LogP contribution in [0.2, 0.25) is 0 Å². The van der Waals surface area contributed by atoms with Crippen LogP contribution in [-0.4, -0.2) is 35.2 Å². The monoisotopic (exact) mass is 595 g/mol. The Morgan fingerprint density at radius 1 is 0.881 bits per heavy atom. The predicted molar refractivity (Wildman–Crippen MR) is 145 cm³/mol. The van der Waals surface area contributed by atoms with Crippen molar-refractivity contribution in [2.24, 2.45) is 11.8 Å². The summed E-state index contributed by atoms with van der Waals surface area (Å²) in [6.07, 6.45) is -8.83. The predicted octanol–water partition coefficient (Wildman–Crippen LogP) is 9.09. The highest BCUT2D eigenvalue weighted by Gasteiger charge is 2.42. The van der Waals surface area contributed by atoms with Crippen molar-refractivity contribution < 1.29 is 40.6 Å². The Balaban J connectivity index is 1.88. The second-order valence-corrected chi connectivity index (χ2v) is 11.2. The fraction of sp³-hybridized carbons (Fsp3) is 0.406. The van der Waals surface area contributed by atoms with Crippen LogP contribution in [0, 0.1) is 17.7 Å². The third-order valence-corrected chi connectivity index (χ3v) is 7.85. The summed E-state index contributed by atoms with van der Waals surface area (Å²) in [6, 6.07) is 14.4. The number of aliphatic carboxylic acids is 1. The van der Waals surface area contributed by atoms with Crippen LogP contribution in [0.3, 0.4) is 0 Å². The SMILES string of the molecule is CC(C)C[C@@H](C(=O)O)c1ccc(C(c2ccc(F)cc2)N2CCC(C(F)(F)F)CC2)c(-c2ccc(C(F)(F)F)cc2)c1. The van der Waals surface area contributed by atoms with Gasteiger partial charge in [0.2, 0.25) is 0 Å². The number of likely N-dealkylation sites (tertiary alicyclic amines) is 1. The molecule has 2 atom stereocenters. The van der Waals surface area contributed by atoms with Crippen molar-refractivity contribution in [3.63, 3.8) is 0 Å². The van der Waals surface area contributed by atoms with Gasteiger partial charge in [-0.1, -0.05) is 50.2 Å². The molecule has 3 nitrogen and oxygen atoms in total. The second kappa shape index (κ2) is 12.5. The molecule has 0 aliphatic carbocycles. The zero-order chi connectivity index (χ0) is 30.8. The standard InChI is InChI=1S/C32H32F7NO2/c1-19(2)17-28(30(41)42)22-7-12-26(27(18-22)20-3-8-23(9-4-20)31(34,35)36)29(21-5-10-25(33)11-6-21)40-15-13-24(14-16-40)32(37,38)39/h3-12,18-19,24,28-29H,13-17H2,1-2H3,(H,41,42)/t28-,29?/m1/s1. The Labute approximate surface area is 240 Å². The van der Waals surface area contributed by atoms with Crippen LogP contribution in [0.15, 0.2) is 66.7 Å². The van der Waals surface area contributed by atoms with Crippen LogP contribution < -0.4 is 0 Å². The molecule has 0 aromatic heterocycles. The molecular weight excluding hydrogens is 563 g/mol. The summed E-state index contributed by atoms with van der Waals surface area (Å²) in [6.45, 7) is 3.95. The molecule has 1 fully saturated rings. The van der Waals surface area contributed by atoms with Gasteiger partial charge in [0.05, 0.1) is 23.4 Å². The van der Waals surface area contributed by atoms with Gasteiger partial charge in [-0.2, -0.15) is 26.3 Å². The molecule has 0 amide bonds. The Hall–Kier alpha value is -3.40. The van der Waals surface area contributed by atoms with Crippen LogP contribution >= 0.6 is 0 Å². The Kier molecular flexibility index (Phi) is 9.35. The number of alkyl halides is 6. The van der Waals surface area contributed by atoms with E-state index >= 15 is 0 Å². The molecule has 1 unspecified atom stereocenters. The molecule has 0 spiro atoms. The number of benzene rings is 3. The average Bonchev–Trinajstić information content (AvgIpc) is 2.92. The molecule has 3 aromatic carbocycles. The lowest BCUT2D eigenvalue weighted by molar-refractivity contribution is -0.185. The molecule has 0 saturated carbocycles. The highest BCUT2D eigenvalue weighted by Crippen LogP contribution is 2.42. The van der Waals surface area contributed by atoms with Crippen LogP contribution in [0.5, 0.6) is 0 Å². The molecule has 1 N–H and O–H groups in total. The van der Waals surface area contributed by atoms with Gasteiger partial charge < -0.3 is 5.11 Å². The van der Waals surface area contributed by atoms with Gasteiger partial charge in [-0.15, -0.1) is 0 Å². The largest absolute Gasteiger partial charge is 0.481 e. The van der Waals surface area contributed by atoms with Gasteiger partial charge in [0.1, 0.15) is 5.82 Å². The van der Waals surface area contributed by atoms with Gasteiger partial charge in [-0.3, -0.25) is 9.69 Å². The summed E-state index contributed by atoms with van der Waals surface area (Å²) in [5, 5.41) is 9.98. The Bertz CT molecular complexity index is 1360. The Morgan fingerprint density at radius 2 is 1.45 bits per heavy atom. The fourth-order valence-corrected chi connectivity index (χ4v) is 5.69. The van der Waals surface area contributed by atoms with E-state index in [-0.39, 0.29) is 31.8 Å². The van der Waals surface area contributed by atoms with Crippen molar-refractivity contribution in [3.05, 3.63) is 94.8 Å². The average molecular weight is 596 g/mol. The minimum atomic E-state index is -4.56. The van der Waals surface area contributed by atoms with E-state index in [1.165, 1.54) is 24.3 Å². The summed E-state index contributed by atoms with van der Waals surface area (Å²) in [5.41, 5.74) is 1.64. The maximum Gasteiger partial charge on any atom is 0.416 e. The first-order chi connectivity index (χ1) is 19.6. The highest BCUT2D eigenvalue weighted by atomic mass is 19.4. The van der Waals surface area contributed by atoms with E-state index in [9.17, 15) is 40.6 Å². The van der Waals surface area contributed by atoms with E-state index < -0.39 is 47.6 Å². The first kappa shape index (κ1) is 31.5. The van der Waals surface area contributed by atoms with Crippen LogP contribution in [0.4, 0.5) is 30.7 Å². The smallest absolute Gasteiger partial charge is 0.416 e. The quantitative estimate of drug-likeness (QED) is 0.264.